The zero-order chi connectivity index (χ0) is 15.1. The first-order valence-electron chi connectivity index (χ1n) is 6.78. The van der Waals surface area contributed by atoms with Crippen LogP contribution in [0.1, 0.15) is 33.3 Å². The van der Waals surface area contributed by atoms with E-state index < -0.39 is 18.3 Å². The van der Waals surface area contributed by atoms with Crippen molar-refractivity contribution in [1.29, 1.82) is 0 Å². The molecule has 20 heavy (non-hydrogen) atoms. The molecule has 6 heteroatoms. The summed E-state index contributed by atoms with van der Waals surface area (Å²) in [5.41, 5.74) is 0.135. The van der Waals surface area contributed by atoms with Crippen LogP contribution in [0, 0.1) is 5.82 Å². The first kappa shape index (κ1) is 15.4. The van der Waals surface area contributed by atoms with Gasteiger partial charge in [-0.15, -0.1) is 0 Å². The van der Waals surface area contributed by atoms with E-state index in [4.69, 9.17) is 9.31 Å². The van der Waals surface area contributed by atoms with Gasteiger partial charge in [-0.05, 0) is 47.9 Å². The predicted octanol–water partition coefficient (Wildman–Crippen LogP) is 1.58. The van der Waals surface area contributed by atoms with Gasteiger partial charge in [-0.2, -0.15) is 0 Å². The topological polar surface area (TPSA) is 34.6 Å². The maximum atomic E-state index is 14.1. The van der Waals surface area contributed by atoms with Crippen LogP contribution < -0.4 is 5.59 Å². The summed E-state index contributed by atoms with van der Waals surface area (Å²) in [4.78, 5) is 6.19. The number of aromatic nitrogens is 1. The molecule has 2 heterocycles. The average molecular weight is 280 g/mol. The van der Waals surface area contributed by atoms with Crippen molar-refractivity contribution in [2.24, 2.45) is 0 Å². The van der Waals surface area contributed by atoms with Gasteiger partial charge in [-0.3, -0.25) is 4.98 Å². The zero-order valence-corrected chi connectivity index (χ0v) is 13.0. The summed E-state index contributed by atoms with van der Waals surface area (Å²) in [5.74, 6) is -0.279. The number of pyridine rings is 1. The Morgan fingerprint density at radius 3 is 2.25 bits per heavy atom. The van der Waals surface area contributed by atoms with Crippen LogP contribution in [0.5, 0.6) is 0 Å². The molecule has 1 aliphatic rings. The van der Waals surface area contributed by atoms with E-state index in [-0.39, 0.29) is 5.82 Å². The molecule has 0 aliphatic carbocycles. The van der Waals surface area contributed by atoms with Crippen molar-refractivity contribution >= 4 is 12.7 Å². The second kappa shape index (κ2) is 5.09. The Morgan fingerprint density at radius 1 is 1.20 bits per heavy atom. The lowest BCUT2D eigenvalue weighted by atomic mass is 9.80. The number of rotatable bonds is 3. The molecule has 1 fully saturated rings. The highest BCUT2D eigenvalue weighted by Gasteiger charge is 2.53. The average Bonchev–Trinajstić information content (AvgIpc) is 2.50. The predicted molar refractivity (Wildman–Crippen MR) is 77.3 cm³/mol. The molecule has 0 aromatic carbocycles. The zero-order valence-electron chi connectivity index (χ0n) is 13.0. The van der Waals surface area contributed by atoms with E-state index in [1.165, 1.54) is 12.3 Å². The van der Waals surface area contributed by atoms with Crippen molar-refractivity contribution in [2.75, 3.05) is 14.1 Å². The second-order valence-corrected chi connectivity index (χ2v) is 6.48. The molecule has 0 N–H and O–H groups in total. The summed E-state index contributed by atoms with van der Waals surface area (Å²) in [5, 5.41) is 0. The van der Waals surface area contributed by atoms with E-state index in [2.05, 4.69) is 4.98 Å². The van der Waals surface area contributed by atoms with Crippen LogP contribution in [0.15, 0.2) is 12.3 Å². The van der Waals surface area contributed by atoms with Gasteiger partial charge in [0.15, 0.2) is 0 Å². The Hall–Kier alpha value is -0.975. The second-order valence-electron chi connectivity index (χ2n) is 6.48. The Bertz CT molecular complexity index is 490. The fraction of sp³-hybridized carbons (Fsp3) is 0.643. The van der Waals surface area contributed by atoms with Crippen LogP contribution >= 0.6 is 0 Å². The molecule has 0 radical (unpaired) electrons. The maximum Gasteiger partial charge on any atom is 0.514 e. The molecule has 0 saturated carbocycles. The highest BCUT2D eigenvalue weighted by atomic mass is 19.1. The first-order chi connectivity index (χ1) is 9.14. The van der Waals surface area contributed by atoms with Crippen LogP contribution in [-0.2, 0) is 15.9 Å². The van der Waals surface area contributed by atoms with Crippen molar-refractivity contribution in [3.8, 4) is 0 Å². The highest BCUT2D eigenvalue weighted by molar-refractivity contribution is 6.61. The van der Waals surface area contributed by atoms with E-state index in [0.29, 0.717) is 17.7 Å². The van der Waals surface area contributed by atoms with E-state index in [1.807, 2.05) is 46.7 Å². The summed E-state index contributed by atoms with van der Waals surface area (Å²) in [6, 6.07) is 1.37. The normalized spacial score (nSPS) is 20.7. The number of hydrogen-bond donors (Lipinski definition) is 0. The molecule has 1 aliphatic heterocycles. The van der Waals surface area contributed by atoms with Crippen LogP contribution in [0.25, 0.3) is 0 Å². The monoisotopic (exact) mass is 280 g/mol. The molecule has 1 saturated heterocycles. The van der Waals surface area contributed by atoms with Crippen LogP contribution in [0.4, 0.5) is 4.39 Å². The third kappa shape index (κ3) is 2.73. The number of halogens is 1. The van der Waals surface area contributed by atoms with E-state index in [9.17, 15) is 4.39 Å². The van der Waals surface area contributed by atoms with Crippen molar-refractivity contribution in [2.45, 2.75) is 45.4 Å². The molecule has 0 atom stereocenters. The van der Waals surface area contributed by atoms with Crippen LogP contribution in [-0.4, -0.2) is 42.3 Å². The Labute approximate surface area is 120 Å². The van der Waals surface area contributed by atoms with E-state index >= 15 is 0 Å². The Kier molecular flexibility index (Phi) is 3.93. The molecule has 0 bridgehead atoms. The van der Waals surface area contributed by atoms with Gasteiger partial charge in [-0.25, -0.2) is 4.39 Å². The summed E-state index contributed by atoms with van der Waals surface area (Å²) < 4.78 is 26.0. The fourth-order valence-corrected chi connectivity index (χ4v) is 2.11. The van der Waals surface area contributed by atoms with Crippen molar-refractivity contribution in [1.82, 2.24) is 9.88 Å². The molecule has 0 amide bonds. The molecular formula is C14H22BFN2O2. The molecule has 4 nitrogen and oxygen atoms in total. The van der Waals surface area contributed by atoms with Crippen LogP contribution in [0.3, 0.4) is 0 Å². The smallest absolute Gasteiger partial charge is 0.398 e. The van der Waals surface area contributed by atoms with Gasteiger partial charge in [0.1, 0.15) is 5.82 Å². The van der Waals surface area contributed by atoms with Crippen molar-refractivity contribution < 1.29 is 13.7 Å². The van der Waals surface area contributed by atoms with Gasteiger partial charge in [-0.1, -0.05) is 0 Å². The van der Waals surface area contributed by atoms with Crippen molar-refractivity contribution in [3.63, 3.8) is 0 Å². The molecule has 1 aromatic rings. The first-order valence-corrected chi connectivity index (χ1v) is 6.78. The quantitative estimate of drug-likeness (QED) is 0.787. The Balaban J connectivity index is 2.37. The minimum absolute atomic E-state index is 0.279. The standard InChI is InChI=1S/C14H22BFN2O2/c1-13(2)14(3,4)20-15(19-13)12-10(9-18(5)6)11(16)7-8-17-12/h7-8H,9H2,1-6H3. The third-order valence-electron chi connectivity index (χ3n) is 3.98. The lowest BCUT2D eigenvalue weighted by Gasteiger charge is -2.32. The van der Waals surface area contributed by atoms with Gasteiger partial charge < -0.3 is 14.2 Å². The molecule has 2 rings (SSSR count). The third-order valence-corrected chi connectivity index (χ3v) is 3.98. The molecule has 0 spiro atoms. The SMILES string of the molecule is CN(C)Cc1c(F)ccnc1B1OC(C)(C)C(C)(C)O1. The van der Waals surface area contributed by atoms with E-state index in [1.54, 1.807) is 0 Å². The highest BCUT2D eigenvalue weighted by Crippen LogP contribution is 2.36. The van der Waals surface area contributed by atoms with Crippen LogP contribution in [0.2, 0.25) is 0 Å². The molecule has 0 unspecified atom stereocenters. The van der Waals surface area contributed by atoms with Gasteiger partial charge in [0.2, 0.25) is 0 Å². The molecular weight excluding hydrogens is 258 g/mol. The lowest BCUT2D eigenvalue weighted by molar-refractivity contribution is 0.00578. The van der Waals surface area contributed by atoms with Gasteiger partial charge in [0.05, 0.1) is 16.8 Å². The summed E-state index contributed by atoms with van der Waals surface area (Å²) in [6.45, 7) is 8.34. The van der Waals surface area contributed by atoms with E-state index in [0.717, 1.165) is 0 Å². The minimum Gasteiger partial charge on any atom is -0.398 e. The Morgan fingerprint density at radius 2 is 1.75 bits per heavy atom. The summed E-state index contributed by atoms with van der Waals surface area (Å²) >= 11 is 0. The summed E-state index contributed by atoms with van der Waals surface area (Å²) in [6.07, 6.45) is 1.45. The number of nitrogens with zero attached hydrogens (tertiary/aromatic N) is 2. The van der Waals surface area contributed by atoms with Gasteiger partial charge >= 0.3 is 7.12 Å². The van der Waals surface area contributed by atoms with Crippen molar-refractivity contribution in [3.05, 3.63) is 23.6 Å². The van der Waals surface area contributed by atoms with Gasteiger partial charge in [0.25, 0.3) is 0 Å². The molecule has 110 valence electrons. The largest absolute Gasteiger partial charge is 0.514 e. The van der Waals surface area contributed by atoms with Gasteiger partial charge in [0, 0.05) is 18.3 Å². The molecule has 1 aromatic heterocycles. The maximum absolute atomic E-state index is 14.1. The summed E-state index contributed by atoms with van der Waals surface area (Å²) in [7, 11) is 3.15. The number of hydrogen-bond acceptors (Lipinski definition) is 4. The minimum atomic E-state index is -0.634. The lowest BCUT2D eigenvalue weighted by Crippen LogP contribution is -2.41. The fourth-order valence-electron chi connectivity index (χ4n) is 2.11.